The van der Waals surface area contributed by atoms with E-state index in [-0.39, 0.29) is 0 Å². The summed E-state index contributed by atoms with van der Waals surface area (Å²) in [7, 11) is 0. The molecule has 0 radical (unpaired) electrons. The van der Waals surface area contributed by atoms with E-state index in [4.69, 9.17) is 0 Å². The number of anilines is 1. The lowest BCUT2D eigenvalue weighted by Crippen LogP contribution is -2.18. The number of amidine groups is 1. The monoisotopic (exact) mass is 316 g/mol. The van der Waals surface area contributed by atoms with E-state index in [1.54, 1.807) is 0 Å². The fraction of sp³-hybridized carbons (Fsp3) is 0.300. The van der Waals surface area contributed by atoms with Crippen LogP contribution in [0.4, 0.5) is 5.69 Å². The average Bonchev–Trinajstić information content (AvgIpc) is 3.15. The molecule has 2 aromatic carbocycles. The Balaban J connectivity index is 1.40. The van der Waals surface area contributed by atoms with E-state index in [1.807, 2.05) is 6.20 Å². The first kappa shape index (κ1) is 13.8. The lowest BCUT2D eigenvalue weighted by molar-refractivity contribution is 0.270. The first-order chi connectivity index (χ1) is 11.9. The summed E-state index contributed by atoms with van der Waals surface area (Å²) < 4.78 is 2.16. The van der Waals surface area contributed by atoms with Crippen molar-refractivity contribution in [3.63, 3.8) is 0 Å². The minimum atomic E-state index is 0.764. The highest BCUT2D eigenvalue weighted by atomic mass is 15.3. The third-order valence-corrected chi connectivity index (χ3v) is 5.24. The summed E-state index contributed by atoms with van der Waals surface area (Å²) in [5.74, 6) is 1.78. The molecule has 1 aromatic heterocycles. The van der Waals surface area contributed by atoms with Crippen molar-refractivity contribution in [3.8, 4) is 0 Å². The molecule has 2 heterocycles. The van der Waals surface area contributed by atoms with E-state index in [0.717, 1.165) is 30.5 Å². The van der Waals surface area contributed by atoms with Crippen molar-refractivity contribution in [2.75, 3.05) is 5.32 Å². The standard InChI is InChI=1S/C20H20N4/c1-2-7-18-15(6-1)11-21-20(18)23-17-8-9-19-16(10-17)12-22-24(19)13-14-4-3-5-14/h1-2,6-10,12,14H,3-5,11,13H2,(H,21,23). The lowest BCUT2D eigenvalue weighted by Gasteiger charge is -2.25. The Morgan fingerprint density at radius 1 is 1.12 bits per heavy atom. The summed E-state index contributed by atoms with van der Waals surface area (Å²) in [6.45, 7) is 1.82. The third-order valence-electron chi connectivity index (χ3n) is 5.24. The maximum Gasteiger partial charge on any atom is 0.133 e. The van der Waals surface area contributed by atoms with Gasteiger partial charge in [-0.05, 0) is 42.5 Å². The van der Waals surface area contributed by atoms with Gasteiger partial charge in [0, 0.05) is 23.2 Å². The first-order valence-electron chi connectivity index (χ1n) is 8.72. The molecule has 1 aliphatic heterocycles. The Morgan fingerprint density at radius 3 is 2.92 bits per heavy atom. The van der Waals surface area contributed by atoms with Gasteiger partial charge in [-0.15, -0.1) is 0 Å². The van der Waals surface area contributed by atoms with Gasteiger partial charge >= 0.3 is 0 Å². The number of hydrogen-bond donors (Lipinski definition) is 1. The topological polar surface area (TPSA) is 42.2 Å². The Kier molecular flexibility index (Phi) is 3.15. The molecule has 0 atom stereocenters. The van der Waals surface area contributed by atoms with Crippen molar-refractivity contribution in [2.24, 2.45) is 10.9 Å². The molecule has 1 saturated carbocycles. The van der Waals surface area contributed by atoms with Gasteiger partial charge in [-0.3, -0.25) is 9.67 Å². The quantitative estimate of drug-likeness (QED) is 0.786. The van der Waals surface area contributed by atoms with Crippen LogP contribution in [0.5, 0.6) is 0 Å². The Hall–Kier alpha value is -2.62. The summed E-state index contributed by atoms with van der Waals surface area (Å²) in [6.07, 6.45) is 6.05. The molecule has 1 N–H and O–H groups in total. The van der Waals surface area contributed by atoms with Gasteiger partial charge in [0.05, 0.1) is 18.3 Å². The van der Waals surface area contributed by atoms with Gasteiger partial charge in [-0.1, -0.05) is 30.7 Å². The molecule has 0 amide bonds. The summed E-state index contributed by atoms with van der Waals surface area (Å²) in [6, 6.07) is 14.9. The lowest BCUT2D eigenvalue weighted by atomic mass is 9.85. The molecular weight excluding hydrogens is 296 g/mol. The van der Waals surface area contributed by atoms with Gasteiger partial charge in [0.25, 0.3) is 0 Å². The van der Waals surface area contributed by atoms with Crippen molar-refractivity contribution in [1.82, 2.24) is 9.78 Å². The van der Waals surface area contributed by atoms with Crippen LogP contribution in [0.1, 0.15) is 30.4 Å². The molecule has 0 unspecified atom stereocenters. The zero-order chi connectivity index (χ0) is 15.9. The average molecular weight is 316 g/mol. The number of fused-ring (bicyclic) bond motifs is 2. The van der Waals surface area contributed by atoms with Crippen LogP contribution in [0.15, 0.2) is 53.7 Å². The van der Waals surface area contributed by atoms with Crippen molar-refractivity contribution in [1.29, 1.82) is 0 Å². The summed E-state index contributed by atoms with van der Waals surface area (Å²) in [4.78, 5) is 4.63. The molecule has 5 rings (SSSR count). The number of rotatable bonds is 3. The fourth-order valence-corrected chi connectivity index (χ4v) is 3.61. The Bertz CT molecular complexity index is 934. The van der Waals surface area contributed by atoms with E-state index in [9.17, 15) is 0 Å². The van der Waals surface area contributed by atoms with Crippen LogP contribution in [-0.4, -0.2) is 15.6 Å². The first-order valence-corrected chi connectivity index (χ1v) is 8.72. The van der Waals surface area contributed by atoms with Gasteiger partial charge in [-0.2, -0.15) is 5.10 Å². The van der Waals surface area contributed by atoms with E-state index < -0.39 is 0 Å². The molecule has 2 aliphatic rings. The van der Waals surface area contributed by atoms with Crippen LogP contribution in [-0.2, 0) is 13.1 Å². The molecular formula is C20H20N4. The van der Waals surface area contributed by atoms with E-state index >= 15 is 0 Å². The minimum Gasteiger partial charge on any atom is -0.340 e. The molecule has 120 valence electrons. The molecule has 4 heteroatoms. The molecule has 24 heavy (non-hydrogen) atoms. The zero-order valence-electron chi connectivity index (χ0n) is 13.6. The third kappa shape index (κ3) is 2.30. The number of aliphatic imine (C=N–C) groups is 1. The van der Waals surface area contributed by atoms with Gasteiger partial charge in [0.15, 0.2) is 0 Å². The number of hydrogen-bond acceptors (Lipinski definition) is 3. The highest BCUT2D eigenvalue weighted by Gasteiger charge is 2.19. The number of nitrogens with one attached hydrogen (secondary N) is 1. The van der Waals surface area contributed by atoms with Gasteiger partial charge < -0.3 is 5.32 Å². The highest BCUT2D eigenvalue weighted by molar-refractivity contribution is 6.11. The number of aromatic nitrogens is 2. The van der Waals surface area contributed by atoms with Crippen molar-refractivity contribution in [2.45, 2.75) is 32.4 Å². The zero-order valence-corrected chi connectivity index (χ0v) is 13.6. The van der Waals surface area contributed by atoms with Gasteiger partial charge in [0.1, 0.15) is 5.84 Å². The van der Waals surface area contributed by atoms with Crippen LogP contribution in [0.2, 0.25) is 0 Å². The predicted octanol–water partition coefficient (Wildman–Crippen LogP) is 4.21. The molecule has 0 bridgehead atoms. The second-order valence-electron chi connectivity index (χ2n) is 6.84. The van der Waals surface area contributed by atoms with Crippen molar-refractivity contribution in [3.05, 3.63) is 59.8 Å². The maximum absolute atomic E-state index is 4.63. The molecule has 4 nitrogen and oxygen atoms in total. The molecule has 3 aromatic rings. The molecule has 0 saturated heterocycles. The van der Waals surface area contributed by atoms with Crippen LogP contribution in [0.25, 0.3) is 10.9 Å². The molecule has 1 fully saturated rings. The summed E-state index contributed by atoms with van der Waals surface area (Å²) in [5.41, 5.74) is 4.79. The number of nitrogens with zero attached hydrogens (tertiary/aromatic N) is 3. The fourth-order valence-electron chi connectivity index (χ4n) is 3.61. The highest BCUT2D eigenvalue weighted by Crippen LogP contribution is 2.29. The molecule has 0 spiro atoms. The van der Waals surface area contributed by atoms with Crippen LogP contribution >= 0.6 is 0 Å². The predicted molar refractivity (Wildman–Crippen MR) is 97.4 cm³/mol. The van der Waals surface area contributed by atoms with Crippen LogP contribution in [0, 0.1) is 5.92 Å². The smallest absolute Gasteiger partial charge is 0.133 e. The van der Waals surface area contributed by atoms with Gasteiger partial charge in [0.2, 0.25) is 0 Å². The number of benzene rings is 2. The summed E-state index contributed by atoms with van der Waals surface area (Å²) in [5, 5.41) is 9.25. The second kappa shape index (κ2) is 5.48. The van der Waals surface area contributed by atoms with Crippen LogP contribution < -0.4 is 5.32 Å². The SMILES string of the molecule is c1ccc2c(c1)CN=C2Nc1ccc2c(cnn2CC2CCC2)c1. The normalized spacial score (nSPS) is 16.8. The summed E-state index contributed by atoms with van der Waals surface area (Å²) >= 11 is 0. The maximum atomic E-state index is 4.63. The van der Waals surface area contributed by atoms with E-state index in [1.165, 1.54) is 41.3 Å². The molecule has 1 aliphatic carbocycles. The second-order valence-corrected chi connectivity index (χ2v) is 6.84. The Morgan fingerprint density at radius 2 is 2.04 bits per heavy atom. The van der Waals surface area contributed by atoms with Crippen LogP contribution in [0.3, 0.4) is 0 Å². The van der Waals surface area contributed by atoms with E-state index in [0.29, 0.717) is 0 Å². The minimum absolute atomic E-state index is 0.764. The largest absolute Gasteiger partial charge is 0.340 e. The van der Waals surface area contributed by atoms with E-state index in [2.05, 4.69) is 62.6 Å². The van der Waals surface area contributed by atoms with Crippen molar-refractivity contribution < 1.29 is 0 Å². The van der Waals surface area contributed by atoms with Gasteiger partial charge in [-0.25, -0.2) is 0 Å². The Labute approximate surface area is 141 Å². The van der Waals surface area contributed by atoms with Crippen molar-refractivity contribution >= 4 is 22.4 Å².